The van der Waals surface area contributed by atoms with Crippen molar-refractivity contribution in [1.29, 1.82) is 0 Å². The minimum atomic E-state index is -1.12. The van der Waals surface area contributed by atoms with Crippen molar-refractivity contribution in [2.45, 2.75) is 12.3 Å². The van der Waals surface area contributed by atoms with Gasteiger partial charge in [0.05, 0.1) is 17.3 Å². The lowest BCUT2D eigenvalue weighted by Crippen LogP contribution is -2.22. The first-order valence-electron chi connectivity index (χ1n) is 8.68. The fourth-order valence-corrected chi connectivity index (χ4v) is 5.33. The van der Waals surface area contributed by atoms with Crippen LogP contribution in [0, 0.1) is 5.82 Å². The maximum Gasteiger partial charge on any atom is 0.346 e. The number of halogens is 2. The molecule has 29 heavy (non-hydrogen) atoms. The van der Waals surface area contributed by atoms with Gasteiger partial charge in [-0.1, -0.05) is 18.2 Å². The highest BCUT2D eigenvalue weighted by Gasteiger charge is 2.34. The Morgan fingerprint density at radius 1 is 1.31 bits per heavy atom. The molecule has 2 N–H and O–H groups in total. The maximum atomic E-state index is 13.8. The molecule has 0 radical (unpaired) electrons. The van der Waals surface area contributed by atoms with Gasteiger partial charge < -0.3 is 15.2 Å². The van der Waals surface area contributed by atoms with Crippen molar-refractivity contribution in [2.75, 3.05) is 12.4 Å². The third-order valence-electron chi connectivity index (χ3n) is 4.79. The number of rotatable bonds is 4. The number of ether oxygens (including phenoxy) is 1. The van der Waals surface area contributed by atoms with Crippen LogP contribution in [0.3, 0.4) is 0 Å². The maximum absolute atomic E-state index is 13.8. The Balaban J connectivity index is 1.92. The number of carbonyl (C=O) groups is 2. The summed E-state index contributed by atoms with van der Waals surface area (Å²) in [5.41, 5.74) is 2.04. The zero-order chi connectivity index (χ0) is 20.7. The van der Waals surface area contributed by atoms with Crippen LogP contribution in [0.15, 0.2) is 46.9 Å². The van der Waals surface area contributed by atoms with Gasteiger partial charge in [-0.15, -0.1) is 11.3 Å². The fourth-order valence-electron chi connectivity index (χ4n) is 3.53. The number of carboxylic acids is 1. The van der Waals surface area contributed by atoms with Gasteiger partial charge in [-0.25, -0.2) is 9.18 Å². The number of nitrogens with one attached hydrogen (secondary N) is 1. The van der Waals surface area contributed by atoms with Crippen LogP contribution in [0.25, 0.3) is 11.1 Å². The number of amides is 1. The first kappa shape index (κ1) is 19.6. The highest BCUT2D eigenvalue weighted by molar-refractivity contribution is 9.10. The van der Waals surface area contributed by atoms with Gasteiger partial charge in [-0.3, -0.25) is 4.79 Å². The van der Waals surface area contributed by atoms with Gasteiger partial charge in [-0.2, -0.15) is 0 Å². The van der Waals surface area contributed by atoms with Gasteiger partial charge in [0.2, 0.25) is 5.91 Å². The highest BCUT2D eigenvalue weighted by atomic mass is 79.9. The molecule has 5 nitrogen and oxygen atoms in total. The van der Waals surface area contributed by atoms with Gasteiger partial charge in [-0.05, 0) is 51.3 Å². The van der Waals surface area contributed by atoms with E-state index in [1.165, 1.54) is 18.2 Å². The summed E-state index contributed by atoms with van der Waals surface area (Å²) >= 11 is 4.57. The quantitative estimate of drug-likeness (QED) is 0.522. The van der Waals surface area contributed by atoms with Gasteiger partial charge >= 0.3 is 5.97 Å². The lowest BCUT2D eigenvalue weighted by atomic mass is 9.88. The van der Waals surface area contributed by atoms with Crippen LogP contribution in [-0.4, -0.2) is 24.1 Å². The van der Waals surface area contributed by atoms with Gasteiger partial charge in [0, 0.05) is 22.8 Å². The number of thiophene rings is 1. The molecule has 0 saturated heterocycles. The molecule has 0 unspecified atom stereocenters. The van der Waals surface area contributed by atoms with E-state index in [2.05, 4.69) is 21.2 Å². The van der Waals surface area contributed by atoms with E-state index >= 15 is 0 Å². The van der Waals surface area contributed by atoms with Crippen LogP contribution < -0.4 is 10.1 Å². The Kier molecular flexibility index (Phi) is 5.14. The summed E-state index contributed by atoms with van der Waals surface area (Å²) in [6.45, 7) is 0. The van der Waals surface area contributed by atoms with Gasteiger partial charge in [0.15, 0.2) is 0 Å². The van der Waals surface area contributed by atoms with Crippen LogP contribution in [0.4, 0.5) is 10.1 Å². The molecule has 1 aliphatic rings. The molecule has 0 saturated carbocycles. The zero-order valence-corrected chi connectivity index (χ0v) is 17.6. The van der Waals surface area contributed by atoms with Crippen LogP contribution in [0.5, 0.6) is 5.75 Å². The smallest absolute Gasteiger partial charge is 0.346 e. The molecule has 0 aliphatic carbocycles. The second-order valence-electron chi connectivity index (χ2n) is 6.56. The van der Waals surface area contributed by atoms with Crippen molar-refractivity contribution >= 4 is 44.8 Å². The molecule has 4 rings (SSSR count). The van der Waals surface area contributed by atoms with Crippen molar-refractivity contribution in [3.8, 4) is 16.9 Å². The number of carbonyl (C=O) groups excluding carboxylic acids is 1. The molecule has 3 aromatic rings. The fraction of sp³-hybridized carbons (Fsp3) is 0.143. The lowest BCUT2D eigenvalue weighted by molar-refractivity contribution is -0.116. The summed E-state index contributed by atoms with van der Waals surface area (Å²) in [6.07, 6.45) is 0.188. The van der Waals surface area contributed by atoms with Crippen molar-refractivity contribution < 1.29 is 23.8 Å². The van der Waals surface area contributed by atoms with Crippen molar-refractivity contribution in [3.05, 3.63) is 68.1 Å². The van der Waals surface area contributed by atoms with E-state index in [0.717, 1.165) is 26.3 Å². The molecule has 0 bridgehead atoms. The third-order valence-corrected chi connectivity index (χ3v) is 6.70. The summed E-state index contributed by atoms with van der Waals surface area (Å²) in [5, 5.41) is 12.6. The minimum Gasteiger partial charge on any atom is -0.496 e. The van der Waals surface area contributed by atoms with Crippen LogP contribution in [-0.2, 0) is 4.79 Å². The first-order valence-corrected chi connectivity index (χ1v) is 10.3. The summed E-state index contributed by atoms with van der Waals surface area (Å²) in [6, 6.07) is 11.2. The number of hydrogen-bond acceptors (Lipinski definition) is 4. The van der Waals surface area contributed by atoms with E-state index in [-0.39, 0.29) is 23.1 Å². The average molecular weight is 476 g/mol. The zero-order valence-electron chi connectivity index (χ0n) is 15.2. The summed E-state index contributed by atoms with van der Waals surface area (Å²) in [5.74, 6) is -1.47. The Labute approximate surface area is 178 Å². The average Bonchev–Trinajstić information content (AvgIpc) is 3.07. The summed E-state index contributed by atoms with van der Waals surface area (Å²) in [7, 11) is 1.57. The molecule has 2 aromatic carbocycles. The second kappa shape index (κ2) is 7.61. The van der Waals surface area contributed by atoms with Gasteiger partial charge in [0.25, 0.3) is 0 Å². The molecule has 1 aliphatic heterocycles. The van der Waals surface area contributed by atoms with Crippen molar-refractivity contribution in [2.24, 2.45) is 0 Å². The van der Waals surface area contributed by atoms with E-state index in [1.54, 1.807) is 19.2 Å². The number of carboxylic acid groups (broad SMARTS) is 1. The third kappa shape index (κ3) is 3.54. The molecule has 1 aromatic heterocycles. The minimum absolute atomic E-state index is 0.0698. The topological polar surface area (TPSA) is 75.6 Å². The molecule has 8 heteroatoms. The van der Waals surface area contributed by atoms with Crippen LogP contribution in [0.2, 0.25) is 0 Å². The highest BCUT2D eigenvalue weighted by Crippen LogP contribution is 2.50. The Bertz CT molecular complexity index is 1140. The van der Waals surface area contributed by atoms with E-state index < -0.39 is 11.8 Å². The molecule has 0 fully saturated rings. The van der Waals surface area contributed by atoms with E-state index in [1.807, 2.05) is 12.1 Å². The van der Waals surface area contributed by atoms with Gasteiger partial charge in [0.1, 0.15) is 16.4 Å². The Morgan fingerprint density at radius 2 is 2.10 bits per heavy atom. The Morgan fingerprint density at radius 3 is 2.76 bits per heavy atom. The predicted octanol–water partition coefficient (Wildman–Crippen LogP) is 5.50. The number of benzene rings is 2. The number of aromatic carboxylic acids is 1. The predicted molar refractivity (Wildman–Crippen MR) is 112 cm³/mol. The molecule has 0 spiro atoms. The standard InChI is InChI=1S/C21H15BrFNO4S/c1-28-15-6-5-10(8-14(15)22)13-9-16(25)24-18-17(11-3-2-4-12(23)7-11)20(21(26)27)29-19(13)18/h2-8,13H,9H2,1H3,(H,24,25)(H,26,27)/t13-/m1/s1. The molecular formula is C21H15BrFNO4S. The van der Waals surface area contributed by atoms with Crippen molar-refractivity contribution in [1.82, 2.24) is 0 Å². The SMILES string of the molecule is COc1ccc([C@H]2CC(=O)Nc3c2sc(C(=O)O)c3-c2cccc(F)c2)cc1Br. The molecule has 2 heterocycles. The van der Waals surface area contributed by atoms with Crippen LogP contribution in [0.1, 0.15) is 32.5 Å². The first-order chi connectivity index (χ1) is 13.9. The van der Waals surface area contributed by atoms with E-state index in [9.17, 15) is 19.1 Å². The molecular weight excluding hydrogens is 461 g/mol. The molecule has 1 amide bonds. The second-order valence-corrected chi connectivity index (χ2v) is 8.47. The number of fused-ring (bicyclic) bond motifs is 1. The summed E-state index contributed by atoms with van der Waals surface area (Å²) < 4.78 is 19.8. The number of methoxy groups -OCH3 is 1. The lowest BCUT2D eigenvalue weighted by Gasteiger charge is -2.24. The normalized spacial score (nSPS) is 15.6. The largest absolute Gasteiger partial charge is 0.496 e. The summed E-state index contributed by atoms with van der Waals surface area (Å²) in [4.78, 5) is 25.2. The van der Waals surface area contributed by atoms with Crippen molar-refractivity contribution in [3.63, 3.8) is 0 Å². The van der Waals surface area contributed by atoms with E-state index in [4.69, 9.17) is 4.74 Å². The van der Waals surface area contributed by atoms with E-state index in [0.29, 0.717) is 22.6 Å². The number of anilines is 1. The number of hydrogen-bond donors (Lipinski definition) is 2. The molecule has 1 atom stereocenters. The Hall–Kier alpha value is -2.71. The monoisotopic (exact) mass is 475 g/mol. The molecule has 148 valence electrons. The van der Waals surface area contributed by atoms with Crippen LogP contribution >= 0.6 is 27.3 Å².